The number of para-hydroxylation sites is 2. The summed E-state index contributed by atoms with van der Waals surface area (Å²) in [5.41, 5.74) is 7.24. The lowest BCUT2D eigenvalue weighted by molar-refractivity contribution is 0.0943. The van der Waals surface area contributed by atoms with E-state index in [-0.39, 0.29) is 11.4 Å². The smallest absolute Gasteiger partial charge is 0.290 e. The van der Waals surface area contributed by atoms with Crippen molar-refractivity contribution in [2.45, 2.75) is 0 Å². The average molecular weight is 490 g/mol. The Bertz CT molecular complexity index is 1570. The van der Waals surface area contributed by atoms with Crippen LogP contribution >= 0.6 is 22.7 Å². The average Bonchev–Trinajstić information content (AvgIpc) is 3.37. The van der Waals surface area contributed by atoms with Crippen molar-refractivity contribution in [3.63, 3.8) is 0 Å². The first-order chi connectivity index (χ1) is 16.5. The van der Waals surface area contributed by atoms with Gasteiger partial charge in [-0.1, -0.05) is 53.0 Å². The summed E-state index contributed by atoms with van der Waals surface area (Å²) in [5, 5.41) is 8.44. The maximum atomic E-state index is 12.6. The van der Waals surface area contributed by atoms with Crippen LogP contribution in [0.4, 0.5) is 0 Å². The van der Waals surface area contributed by atoms with Gasteiger partial charge in [0.15, 0.2) is 0 Å². The highest BCUT2D eigenvalue weighted by molar-refractivity contribution is 7.16. The van der Waals surface area contributed by atoms with Crippen molar-refractivity contribution in [3.8, 4) is 0 Å². The number of amides is 2. The number of carbonyl (C=O) groups is 2. The van der Waals surface area contributed by atoms with Crippen LogP contribution in [0.3, 0.4) is 0 Å². The van der Waals surface area contributed by atoms with E-state index >= 15 is 0 Å². The molecule has 0 bridgehead atoms. The van der Waals surface area contributed by atoms with E-state index in [1.54, 1.807) is 6.07 Å². The van der Waals surface area contributed by atoms with Gasteiger partial charge in [0.05, 0.1) is 20.4 Å². The number of nitrogens with one attached hydrogen (secondary N) is 2. The molecule has 34 heavy (non-hydrogen) atoms. The summed E-state index contributed by atoms with van der Waals surface area (Å²) in [6, 6.07) is 20.4. The van der Waals surface area contributed by atoms with E-state index in [1.807, 2.05) is 71.8 Å². The molecule has 2 aromatic carbocycles. The lowest BCUT2D eigenvalue weighted by Gasteiger charge is -2.02. The van der Waals surface area contributed by atoms with Crippen LogP contribution in [0.2, 0.25) is 0 Å². The van der Waals surface area contributed by atoms with Crippen LogP contribution in [0.5, 0.6) is 0 Å². The topological polar surface area (TPSA) is 106 Å². The fourth-order valence-electron chi connectivity index (χ4n) is 3.38. The zero-order valence-electron chi connectivity index (χ0n) is 18.2. The maximum absolute atomic E-state index is 12.6. The highest BCUT2D eigenvalue weighted by Crippen LogP contribution is 2.16. The monoisotopic (exact) mass is 489 g/mol. The Balaban J connectivity index is 1.34. The summed E-state index contributed by atoms with van der Waals surface area (Å²) >= 11 is 2.92. The van der Waals surface area contributed by atoms with Gasteiger partial charge in [-0.2, -0.15) is 0 Å². The highest BCUT2D eigenvalue weighted by atomic mass is 32.1. The first-order valence-electron chi connectivity index (χ1n) is 10.3. The SMILES string of the molecule is Cn1/c(=N/NC(=O)c2cccc(C(=O)N/N=c3/sc4ccccc4n3C)n2)sc2ccccc21. The van der Waals surface area contributed by atoms with Gasteiger partial charge in [0.2, 0.25) is 9.60 Å². The number of aryl methyl sites for hydroxylation is 2. The number of rotatable bonds is 4. The van der Waals surface area contributed by atoms with Crippen molar-refractivity contribution in [2.75, 3.05) is 0 Å². The molecule has 5 rings (SSSR count). The minimum atomic E-state index is -0.514. The predicted octanol–water partition coefficient (Wildman–Crippen LogP) is 2.68. The Hall–Kier alpha value is -4.09. The molecule has 2 amide bonds. The van der Waals surface area contributed by atoms with Crippen LogP contribution in [0.25, 0.3) is 20.4 Å². The molecule has 0 unspecified atom stereocenters. The molecule has 0 saturated heterocycles. The molecule has 0 aliphatic rings. The van der Waals surface area contributed by atoms with Gasteiger partial charge in [-0.25, -0.2) is 15.8 Å². The van der Waals surface area contributed by atoms with Crippen molar-refractivity contribution in [1.82, 2.24) is 25.0 Å². The number of nitrogens with zero attached hydrogens (tertiary/aromatic N) is 5. The summed E-state index contributed by atoms with van der Waals surface area (Å²) in [6.45, 7) is 0. The van der Waals surface area contributed by atoms with E-state index in [1.165, 1.54) is 34.8 Å². The van der Waals surface area contributed by atoms with Crippen molar-refractivity contribution >= 4 is 54.9 Å². The summed E-state index contributed by atoms with van der Waals surface area (Å²) in [4.78, 5) is 30.7. The second-order valence-corrected chi connectivity index (χ2v) is 9.35. The Labute approximate surface area is 201 Å². The summed E-state index contributed by atoms with van der Waals surface area (Å²) < 4.78 is 5.91. The van der Waals surface area contributed by atoms with Gasteiger partial charge < -0.3 is 9.13 Å². The Morgan fingerprint density at radius 1 is 0.706 bits per heavy atom. The Morgan fingerprint density at radius 3 is 1.59 bits per heavy atom. The van der Waals surface area contributed by atoms with E-state index in [9.17, 15) is 9.59 Å². The van der Waals surface area contributed by atoms with E-state index in [0.29, 0.717) is 9.60 Å². The number of carbonyl (C=O) groups excluding carboxylic acids is 2. The van der Waals surface area contributed by atoms with Crippen molar-refractivity contribution in [3.05, 3.63) is 87.7 Å². The van der Waals surface area contributed by atoms with E-state index in [2.05, 4.69) is 26.0 Å². The molecule has 0 radical (unpaired) electrons. The predicted molar refractivity (Wildman–Crippen MR) is 132 cm³/mol. The van der Waals surface area contributed by atoms with Crippen molar-refractivity contribution in [2.24, 2.45) is 24.3 Å². The molecule has 0 saturated carbocycles. The summed E-state index contributed by atoms with van der Waals surface area (Å²) in [5.74, 6) is -1.03. The van der Waals surface area contributed by atoms with E-state index < -0.39 is 11.8 Å². The second kappa shape index (κ2) is 9.04. The molecular weight excluding hydrogens is 470 g/mol. The molecule has 0 aliphatic heterocycles. The molecule has 170 valence electrons. The zero-order valence-corrected chi connectivity index (χ0v) is 19.9. The third-order valence-corrected chi connectivity index (χ3v) is 7.38. The number of thiazole rings is 2. The van der Waals surface area contributed by atoms with Crippen LogP contribution in [-0.4, -0.2) is 25.9 Å². The van der Waals surface area contributed by atoms with Gasteiger partial charge in [-0.05, 0) is 36.4 Å². The number of fused-ring (bicyclic) bond motifs is 2. The summed E-state index contributed by atoms with van der Waals surface area (Å²) in [6.07, 6.45) is 0. The fraction of sp³-hybridized carbons (Fsp3) is 0.0870. The quantitative estimate of drug-likeness (QED) is 0.379. The number of hydrogen-bond acceptors (Lipinski definition) is 7. The van der Waals surface area contributed by atoms with E-state index in [4.69, 9.17) is 0 Å². The van der Waals surface area contributed by atoms with Crippen LogP contribution in [-0.2, 0) is 14.1 Å². The van der Waals surface area contributed by atoms with Crippen LogP contribution in [0, 0.1) is 0 Å². The minimum absolute atomic E-state index is 0.0765. The van der Waals surface area contributed by atoms with Crippen molar-refractivity contribution < 1.29 is 9.59 Å². The van der Waals surface area contributed by atoms with Gasteiger partial charge in [-0.3, -0.25) is 9.59 Å². The molecule has 11 heteroatoms. The normalized spacial score (nSPS) is 12.4. The van der Waals surface area contributed by atoms with Crippen LogP contribution in [0.15, 0.2) is 76.9 Å². The molecule has 0 atom stereocenters. The van der Waals surface area contributed by atoms with Gasteiger partial charge >= 0.3 is 0 Å². The third-order valence-electron chi connectivity index (χ3n) is 5.15. The Morgan fingerprint density at radius 2 is 1.15 bits per heavy atom. The maximum Gasteiger partial charge on any atom is 0.290 e. The first-order valence-corrected chi connectivity index (χ1v) is 11.9. The molecule has 0 spiro atoms. The molecule has 3 heterocycles. The van der Waals surface area contributed by atoms with Gasteiger partial charge in [0.1, 0.15) is 11.4 Å². The van der Waals surface area contributed by atoms with Crippen molar-refractivity contribution in [1.29, 1.82) is 0 Å². The standard InChI is InChI=1S/C23H19N7O2S2/c1-29-16-10-3-5-12-18(16)33-22(29)27-25-20(31)14-8-7-9-15(24-14)21(32)26-28-23-30(2)17-11-4-6-13-19(17)34-23/h3-13H,1-2H3,(H,25,31)(H,26,32)/b27-22-,28-23+. The zero-order chi connectivity index (χ0) is 23.7. The first kappa shape index (κ1) is 21.7. The molecule has 9 nitrogen and oxygen atoms in total. The largest absolute Gasteiger partial charge is 0.318 e. The minimum Gasteiger partial charge on any atom is -0.318 e. The number of aromatic nitrogens is 3. The Kier molecular flexibility index (Phi) is 5.78. The van der Waals surface area contributed by atoms with E-state index in [0.717, 1.165) is 20.4 Å². The van der Waals surface area contributed by atoms with Crippen LogP contribution < -0.4 is 20.5 Å². The lowest BCUT2D eigenvalue weighted by Crippen LogP contribution is -2.26. The number of hydrogen-bond donors (Lipinski definition) is 2. The van der Waals surface area contributed by atoms with Gasteiger partial charge in [-0.15, -0.1) is 10.2 Å². The lowest BCUT2D eigenvalue weighted by atomic mass is 10.3. The molecule has 0 fully saturated rings. The fourth-order valence-corrected chi connectivity index (χ4v) is 5.33. The number of benzene rings is 2. The number of pyridine rings is 1. The molecule has 5 aromatic rings. The summed E-state index contributed by atoms with van der Waals surface area (Å²) in [7, 11) is 3.76. The molecular formula is C23H19N7O2S2. The highest BCUT2D eigenvalue weighted by Gasteiger charge is 2.12. The molecule has 3 aromatic heterocycles. The molecule has 0 aliphatic carbocycles. The van der Waals surface area contributed by atoms with Gasteiger partial charge in [0, 0.05) is 14.1 Å². The van der Waals surface area contributed by atoms with Crippen LogP contribution in [0.1, 0.15) is 21.0 Å². The van der Waals surface area contributed by atoms with Gasteiger partial charge in [0.25, 0.3) is 11.8 Å². The second-order valence-electron chi connectivity index (χ2n) is 7.34. The molecule has 2 N–H and O–H groups in total. The third kappa shape index (κ3) is 4.14.